The van der Waals surface area contributed by atoms with E-state index in [1.54, 1.807) is 4.90 Å². The third-order valence-electron chi connectivity index (χ3n) is 4.25. The van der Waals surface area contributed by atoms with Gasteiger partial charge in [-0.1, -0.05) is 18.2 Å². The van der Waals surface area contributed by atoms with Gasteiger partial charge in [0.15, 0.2) is 0 Å². The first kappa shape index (κ1) is 17.8. The van der Waals surface area contributed by atoms with Gasteiger partial charge in [-0.3, -0.25) is 9.59 Å². The van der Waals surface area contributed by atoms with Crippen LogP contribution in [0.2, 0.25) is 0 Å². The van der Waals surface area contributed by atoms with E-state index in [1.165, 1.54) is 18.9 Å². The van der Waals surface area contributed by atoms with Crippen molar-refractivity contribution < 1.29 is 19.4 Å². The number of carboxylic acid groups (broad SMARTS) is 1. The lowest BCUT2D eigenvalue weighted by Gasteiger charge is -2.39. The summed E-state index contributed by atoms with van der Waals surface area (Å²) < 4.78 is 5.10. The molecule has 0 saturated carbocycles. The van der Waals surface area contributed by atoms with Crippen molar-refractivity contribution in [3.8, 4) is 0 Å². The fourth-order valence-electron chi connectivity index (χ4n) is 2.92. The highest BCUT2D eigenvalue weighted by Gasteiger charge is 2.43. The van der Waals surface area contributed by atoms with E-state index in [2.05, 4.69) is 0 Å². The molecule has 0 spiro atoms. The molecule has 0 aromatic heterocycles. The van der Waals surface area contributed by atoms with Gasteiger partial charge in [0.05, 0.1) is 12.4 Å². The maximum absolute atomic E-state index is 12.5. The third kappa shape index (κ3) is 4.26. The minimum absolute atomic E-state index is 0.0142. The van der Waals surface area contributed by atoms with E-state index in [0.717, 1.165) is 10.5 Å². The number of likely N-dealkylation sites (tertiary alicyclic amines) is 1. The summed E-state index contributed by atoms with van der Waals surface area (Å²) in [6.45, 7) is 2.99. The summed E-state index contributed by atoms with van der Waals surface area (Å²) in [6.07, 6.45) is 1.24. The van der Waals surface area contributed by atoms with Gasteiger partial charge in [0, 0.05) is 25.1 Å². The Labute approximate surface area is 141 Å². The van der Waals surface area contributed by atoms with Gasteiger partial charge in [-0.2, -0.15) is 0 Å². The second kappa shape index (κ2) is 7.84. The summed E-state index contributed by atoms with van der Waals surface area (Å²) in [4.78, 5) is 26.9. The molecule has 126 valence electrons. The van der Waals surface area contributed by atoms with Crippen molar-refractivity contribution >= 4 is 23.6 Å². The molecule has 1 N–H and O–H groups in total. The number of aliphatic carboxylic acids is 1. The molecule has 1 saturated heterocycles. The Morgan fingerprint density at radius 2 is 2.13 bits per heavy atom. The fourth-order valence-corrected chi connectivity index (χ4v) is 3.86. The Bertz CT molecular complexity index is 573. The van der Waals surface area contributed by atoms with Crippen LogP contribution in [-0.4, -0.2) is 54.4 Å². The first-order valence-corrected chi connectivity index (χ1v) is 8.65. The number of hydrogen-bond acceptors (Lipinski definition) is 4. The van der Waals surface area contributed by atoms with Gasteiger partial charge in [-0.25, -0.2) is 0 Å². The summed E-state index contributed by atoms with van der Waals surface area (Å²) in [5.41, 5.74) is 0.166. The minimum Gasteiger partial charge on any atom is -0.481 e. The standard InChI is InChI=1S/C17H23NO4S/c1-13-6-3-4-7-14(13)23-10-15(19)18-9-5-8-17(11-18,12-22-2)16(20)21/h3-4,6-7H,5,8-12H2,1-2H3,(H,20,21). The van der Waals surface area contributed by atoms with Crippen LogP contribution in [0.25, 0.3) is 0 Å². The van der Waals surface area contributed by atoms with Crippen LogP contribution in [0.4, 0.5) is 0 Å². The van der Waals surface area contributed by atoms with Gasteiger partial charge in [-0.05, 0) is 31.4 Å². The second-order valence-corrected chi connectivity index (χ2v) is 7.01. The lowest BCUT2D eigenvalue weighted by Crippen LogP contribution is -2.52. The van der Waals surface area contributed by atoms with Crippen LogP contribution in [0, 0.1) is 12.3 Å². The Hall–Kier alpha value is -1.53. The van der Waals surface area contributed by atoms with Crippen LogP contribution in [0.1, 0.15) is 18.4 Å². The number of methoxy groups -OCH3 is 1. The molecule has 2 rings (SSSR count). The zero-order valence-corrected chi connectivity index (χ0v) is 14.4. The molecule has 1 heterocycles. The Morgan fingerprint density at radius 1 is 1.39 bits per heavy atom. The monoisotopic (exact) mass is 337 g/mol. The lowest BCUT2D eigenvalue weighted by atomic mass is 9.80. The zero-order valence-electron chi connectivity index (χ0n) is 13.6. The topological polar surface area (TPSA) is 66.8 Å². The molecule has 5 nitrogen and oxygen atoms in total. The minimum atomic E-state index is -0.976. The molecule has 1 aliphatic rings. The average Bonchev–Trinajstić information content (AvgIpc) is 2.54. The lowest BCUT2D eigenvalue weighted by molar-refractivity contribution is -0.158. The number of carboxylic acids is 1. The van der Waals surface area contributed by atoms with E-state index >= 15 is 0 Å². The molecular weight excluding hydrogens is 314 g/mol. The Kier molecular flexibility index (Phi) is 6.07. The van der Waals surface area contributed by atoms with Gasteiger partial charge in [0.1, 0.15) is 5.41 Å². The number of aryl methyl sites for hydroxylation is 1. The first-order chi connectivity index (χ1) is 11.0. The van der Waals surface area contributed by atoms with Crippen LogP contribution in [0.3, 0.4) is 0 Å². The van der Waals surface area contributed by atoms with Crippen LogP contribution in [0.15, 0.2) is 29.2 Å². The number of nitrogens with zero attached hydrogens (tertiary/aromatic N) is 1. The van der Waals surface area contributed by atoms with Gasteiger partial charge >= 0.3 is 5.97 Å². The largest absolute Gasteiger partial charge is 0.481 e. The smallest absolute Gasteiger partial charge is 0.313 e. The zero-order chi connectivity index (χ0) is 16.9. The molecule has 1 unspecified atom stereocenters. The van der Waals surface area contributed by atoms with E-state index in [1.807, 2.05) is 31.2 Å². The number of ether oxygens (including phenoxy) is 1. The number of amides is 1. The van der Waals surface area contributed by atoms with Gasteiger partial charge in [-0.15, -0.1) is 11.8 Å². The van der Waals surface area contributed by atoms with Gasteiger partial charge in [0.25, 0.3) is 0 Å². The van der Waals surface area contributed by atoms with Gasteiger partial charge in [0.2, 0.25) is 5.91 Å². The third-order valence-corrected chi connectivity index (χ3v) is 5.41. The Balaban J connectivity index is 1.99. The number of rotatable bonds is 6. The molecule has 1 fully saturated rings. The molecule has 0 aliphatic carbocycles. The van der Waals surface area contributed by atoms with E-state index in [-0.39, 0.29) is 19.1 Å². The normalized spacial score (nSPS) is 21.2. The number of piperidine rings is 1. The maximum atomic E-state index is 12.5. The van der Waals surface area contributed by atoms with Crippen molar-refractivity contribution in [1.82, 2.24) is 4.90 Å². The van der Waals surface area contributed by atoms with Crippen molar-refractivity contribution in [1.29, 1.82) is 0 Å². The summed E-state index contributed by atoms with van der Waals surface area (Å²) in [5, 5.41) is 9.54. The molecule has 0 radical (unpaired) electrons. The highest BCUT2D eigenvalue weighted by atomic mass is 32.2. The number of carbonyl (C=O) groups excluding carboxylic acids is 1. The highest BCUT2D eigenvalue weighted by Crippen LogP contribution is 2.31. The molecule has 23 heavy (non-hydrogen) atoms. The molecular formula is C17H23NO4S. The highest BCUT2D eigenvalue weighted by molar-refractivity contribution is 8.00. The van der Waals surface area contributed by atoms with Crippen molar-refractivity contribution in [2.24, 2.45) is 5.41 Å². The van der Waals surface area contributed by atoms with Crippen molar-refractivity contribution in [3.63, 3.8) is 0 Å². The molecule has 1 aliphatic heterocycles. The van der Waals surface area contributed by atoms with Crippen LogP contribution < -0.4 is 0 Å². The van der Waals surface area contributed by atoms with Crippen LogP contribution in [-0.2, 0) is 14.3 Å². The summed E-state index contributed by atoms with van der Waals surface area (Å²) in [6, 6.07) is 7.93. The van der Waals surface area contributed by atoms with E-state index in [0.29, 0.717) is 25.1 Å². The summed E-state index contributed by atoms with van der Waals surface area (Å²) >= 11 is 1.50. The van der Waals surface area contributed by atoms with Crippen molar-refractivity contribution in [2.45, 2.75) is 24.7 Å². The van der Waals surface area contributed by atoms with Gasteiger partial charge < -0.3 is 14.7 Å². The Morgan fingerprint density at radius 3 is 2.78 bits per heavy atom. The molecule has 1 aromatic rings. The predicted molar refractivity (Wildman–Crippen MR) is 89.7 cm³/mol. The first-order valence-electron chi connectivity index (χ1n) is 7.67. The van der Waals surface area contributed by atoms with E-state index < -0.39 is 11.4 Å². The molecule has 1 amide bonds. The van der Waals surface area contributed by atoms with Crippen LogP contribution >= 0.6 is 11.8 Å². The number of thioether (sulfide) groups is 1. The average molecular weight is 337 g/mol. The maximum Gasteiger partial charge on any atom is 0.313 e. The number of benzene rings is 1. The molecule has 1 aromatic carbocycles. The van der Waals surface area contributed by atoms with Crippen molar-refractivity contribution in [3.05, 3.63) is 29.8 Å². The van der Waals surface area contributed by atoms with E-state index in [4.69, 9.17) is 4.74 Å². The number of carbonyl (C=O) groups is 2. The predicted octanol–water partition coefficient (Wildman–Crippen LogP) is 2.43. The second-order valence-electron chi connectivity index (χ2n) is 5.99. The van der Waals surface area contributed by atoms with Crippen molar-refractivity contribution in [2.75, 3.05) is 32.6 Å². The number of hydrogen-bond donors (Lipinski definition) is 1. The molecule has 1 atom stereocenters. The molecule has 0 bridgehead atoms. The summed E-state index contributed by atoms with van der Waals surface area (Å²) in [7, 11) is 1.50. The fraction of sp³-hybridized carbons (Fsp3) is 0.529. The van der Waals surface area contributed by atoms with Crippen LogP contribution in [0.5, 0.6) is 0 Å². The quantitative estimate of drug-likeness (QED) is 0.808. The van der Waals surface area contributed by atoms with E-state index in [9.17, 15) is 14.7 Å². The SMILES string of the molecule is COCC1(C(=O)O)CCCN(C(=O)CSc2ccccc2C)C1. The summed E-state index contributed by atoms with van der Waals surface area (Å²) in [5.74, 6) is -0.573. The molecule has 6 heteroatoms.